The maximum Gasteiger partial charge on any atom is 0.112 e. The van der Waals surface area contributed by atoms with Crippen LogP contribution in [0.5, 0.6) is 0 Å². The van der Waals surface area contributed by atoms with Crippen molar-refractivity contribution in [1.29, 1.82) is 0 Å². The van der Waals surface area contributed by atoms with Crippen LogP contribution >= 0.6 is 0 Å². The molecule has 3 heteroatoms. The minimum absolute atomic E-state index is 0.0858. The molecule has 0 N–H and O–H groups in total. The van der Waals surface area contributed by atoms with E-state index in [0.717, 1.165) is 0 Å². The smallest absolute Gasteiger partial charge is 0.0697 e. The van der Waals surface area contributed by atoms with E-state index in [2.05, 4.69) is 300 Å². The molecule has 0 unspecified atom stereocenters. The third-order valence-corrected chi connectivity index (χ3v) is 23.8. The van der Waals surface area contributed by atoms with Gasteiger partial charge >= 0.3 is 0 Å². The summed E-state index contributed by atoms with van der Waals surface area (Å²) in [7, 11) is -3.97. The number of hydrogen-bond acceptors (Lipinski definition) is 0. The van der Waals surface area contributed by atoms with Crippen molar-refractivity contribution in [3.05, 3.63) is 132 Å². The molecule has 0 saturated heterocycles. The average molecular weight is 1210 g/mol. The zero-order valence-corrected chi connectivity index (χ0v) is 65.4. The van der Waals surface area contributed by atoms with Crippen molar-refractivity contribution in [3.8, 4) is 0 Å². The quantitative estimate of drug-likeness (QED) is 0.122. The normalized spacial score (nSPS) is 16.5. The van der Waals surface area contributed by atoms with E-state index >= 15 is 0 Å². The van der Waals surface area contributed by atoms with Crippen molar-refractivity contribution in [1.82, 2.24) is 0 Å². The van der Waals surface area contributed by atoms with E-state index in [1.54, 1.807) is 0 Å². The lowest BCUT2D eigenvalue weighted by molar-refractivity contribution is 0.244. The van der Waals surface area contributed by atoms with Gasteiger partial charge < -0.3 is 0 Å². The fourth-order valence-corrected chi connectivity index (χ4v) is 11.7. The molecule has 488 valence electrons. The van der Waals surface area contributed by atoms with Crippen LogP contribution in [-0.2, 0) is 5.41 Å². The molecule has 4 aromatic rings. The van der Waals surface area contributed by atoms with Crippen molar-refractivity contribution in [3.63, 3.8) is 0 Å². The van der Waals surface area contributed by atoms with Crippen molar-refractivity contribution in [2.24, 2.45) is 27.1 Å². The predicted octanol–water partition coefficient (Wildman–Crippen LogP) is 27.9. The molecule has 0 bridgehead atoms. The van der Waals surface area contributed by atoms with Crippen LogP contribution in [0.1, 0.15) is 290 Å². The van der Waals surface area contributed by atoms with E-state index in [0.29, 0.717) is 27.1 Å². The summed E-state index contributed by atoms with van der Waals surface area (Å²) < 4.78 is 20.9. The maximum atomic E-state index is 6.98. The lowest BCUT2D eigenvalue weighted by Crippen LogP contribution is -2.52. The van der Waals surface area contributed by atoms with Gasteiger partial charge in [-0.1, -0.05) is 432 Å². The first-order chi connectivity index (χ1) is 39.9. The molecule has 0 amide bonds. The number of benzene rings is 4. The van der Waals surface area contributed by atoms with Crippen LogP contribution < -0.4 is 10.4 Å². The molecule has 0 aliphatic heterocycles. The Bertz CT molecular complexity index is 1890. The van der Waals surface area contributed by atoms with Crippen molar-refractivity contribution in [2.75, 3.05) is 0 Å². The molecule has 84 heavy (non-hydrogen) atoms. The van der Waals surface area contributed by atoms with Crippen LogP contribution in [0.2, 0.25) is 64.4 Å². The van der Waals surface area contributed by atoms with E-state index < -0.39 is 30.7 Å². The molecule has 3 saturated carbocycles. The highest BCUT2D eigenvalue weighted by molar-refractivity contribution is 7.00. The third-order valence-electron chi connectivity index (χ3n) is 16.4. The fourth-order valence-electron chi connectivity index (χ4n) is 8.78. The number of hydrogen-bond donors (Lipinski definition) is 0. The fraction of sp³-hybridized carbons (Fsp3) is 0.704. The van der Waals surface area contributed by atoms with Gasteiger partial charge in [-0.2, -0.15) is 0 Å². The highest BCUT2D eigenvalue weighted by atomic mass is 28.3. The molecule has 4 aromatic carbocycles. The Labute approximate surface area is 539 Å². The van der Waals surface area contributed by atoms with Crippen LogP contribution in [0.4, 0.5) is 0 Å². The Hall–Kier alpha value is -2.47. The summed E-state index contributed by atoms with van der Waals surface area (Å²) in [6.45, 7) is 63.3. The van der Waals surface area contributed by atoms with Gasteiger partial charge in [0.1, 0.15) is 8.07 Å². The predicted molar refractivity (Wildman–Crippen MR) is 404 cm³/mol. The van der Waals surface area contributed by atoms with Crippen LogP contribution in [0.25, 0.3) is 0 Å². The second kappa shape index (κ2) is 46.6. The first-order valence-corrected chi connectivity index (χ1v) is 44.5. The van der Waals surface area contributed by atoms with Gasteiger partial charge in [0.2, 0.25) is 0 Å². The highest BCUT2D eigenvalue weighted by Gasteiger charge is 2.26. The van der Waals surface area contributed by atoms with Gasteiger partial charge in [0.25, 0.3) is 0 Å². The van der Waals surface area contributed by atoms with E-state index in [-0.39, 0.29) is 5.41 Å². The van der Waals surface area contributed by atoms with E-state index in [4.69, 9.17) is 4.11 Å². The molecule has 0 spiro atoms. The summed E-state index contributed by atoms with van der Waals surface area (Å²) in [6, 6.07) is 45.8. The molecule has 0 atom stereocenters. The van der Waals surface area contributed by atoms with E-state index in [1.807, 2.05) is 19.6 Å². The van der Waals surface area contributed by atoms with Crippen LogP contribution in [0, 0.1) is 27.1 Å². The number of rotatable bonds is 8. The van der Waals surface area contributed by atoms with Gasteiger partial charge in [-0.25, -0.2) is 0 Å². The molecular weight excluding hydrogens is 1060 g/mol. The summed E-state index contributed by atoms with van der Waals surface area (Å²) in [4.78, 5) is 0. The maximum absolute atomic E-state index is 6.98. The Morgan fingerprint density at radius 3 is 0.738 bits per heavy atom. The van der Waals surface area contributed by atoms with Gasteiger partial charge in [-0.05, 0) is 76.7 Å². The van der Waals surface area contributed by atoms with Crippen molar-refractivity contribution >= 4 is 34.6 Å². The second-order valence-electron chi connectivity index (χ2n) is 32.3. The molecule has 0 aromatic heterocycles. The van der Waals surface area contributed by atoms with Gasteiger partial charge in [-0.15, -0.1) is 0 Å². The standard InChI is InChI=1S/C15H16.C14H16Si.C9H18.C8H16.C7H14.C7H16.C6H16Si.C5H12.C4H12Si.2C3H8/c2*1-15(2,13-9-5-3-6-10-13)14-11-7-4-8-12-14;1-9(2)7-5-3-4-6-8-9;1-8(2)6-4-3-5-7-8;1-7(2)5-3-4-6-7;2*1-5-7(3,4)6-2;2*1-5(2,3)4;2*1-3-2/h2*3-12H,1-2H3;3-8H2,1-2H3;3-7H2,1-2H3;3-6H2,1-2H3;2*5-6H2,1-4H3;2*1-4H3;2*3H2,1-2H3/i;;;;;;;;1D3;;. The highest BCUT2D eigenvalue weighted by Crippen LogP contribution is 2.37. The lowest BCUT2D eigenvalue weighted by atomic mass is 9.78. The SMILES string of the molecule is CC(C)(C)C.CC(C)(c1ccccc1)c1ccccc1.CC1(C)CCCC1.CC1(C)CCCCC1.CC1(C)CCCCCC1.CCC.CCC.CCC(C)(C)CC.CC[Si](C)(C)CC.C[Si](C)(c1ccccc1)c1ccccc1.[2H]C([2H])([2H])[Si](C)(C)C. The van der Waals surface area contributed by atoms with Crippen LogP contribution in [0.15, 0.2) is 121 Å². The molecule has 0 radical (unpaired) electrons. The molecular formula is C81H152Si3. The van der Waals surface area contributed by atoms with Gasteiger partial charge in [0, 0.05) is 25.7 Å². The largest absolute Gasteiger partial charge is 0.112 e. The first-order valence-electron chi connectivity index (χ1n) is 36.1. The summed E-state index contributed by atoms with van der Waals surface area (Å²) >= 11 is 0. The van der Waals surface area contributed by atoms with Crippen LogP contribution in [0.3, 0.4) is 0 Å². The zero-order valence-electron chi connectivity index (χ0n) is 65.4. The molecule has 0 heterocycles. The Morgan fingerprint density at radius 1 is 0.369 bits per heavy atom. The van der Waals surface area contributed by atoms with E-state index in [1.165, 1.54) is 156 Å². The minimum atomic E-state index is -1.86. The topological polar surface area (TPSA) is 0 Å². The van der Waals surface area contributed by atoms with Crippen molar-refractivity contribution in [2.45, 2.75) is 344 Å². The minimum Gasteiger partial charge on any atom is -0.0697 e. The van der Waals surface area contributed by atoms with Crippen LogP contribution in [-0.4, -0.2) is 24.2 Å². The Balaban J connectivity index is -0.000000450. The first kappa shape index (κ1) is 81.5. The Morgan fingerprint density at radius 2 is 0.571 bits per heavy atom. The lowest BCUT2D eigenvalue weighted by Gasteiger charge is -2.28. The molecule has 3 aliphatic rings. The summed E-state index contributed by atoms with van der Waals surface area (Å²) in [6.07, 6.45) is 27.0. The van der Waals surface area contributed by atoms with Gasteiger partial charge in [0.15, 0.2) is 0 Å². The molecule has 7 rings (SSSR count). The monoisotopic (exact) mass is 1210 g/mol. The second-order valence-corrected chi connectivity index (χ2v) is 46.9. The summed E-state index contributed by atoms with van der Waals surface area (Å²) in [5, 5.41) is 2.99. The van der Waals surface area contributed by atoms with E-state index in [9.17, 15) is 0 Å². The van der Waals surface area contributed by atoms with Gasteiger partial charge in [-0.3, -0.25) is 0 Å². The zero-order chi connectivity index (χ0) is 68.3. The Kier molecular flexibility index (Phi) is 45.2. The third kappa shape index (κ3) is 53.7. The summed E-state index contributed by atoms with van der Waals surface area (Å²) in [5.41, 5.74) is 5.92. The molecule has 3 aliphatic carbocycles. The molecule has 0 nitrogen and oxygen atoms in total. The summed E-state index contributed by atoms with van der Waals surface area (Å²) in [5.74, 6) is 0. The van der Waals surface area contributed by atoms with Crippen molar-refractivity contribution < 1.29 is 4.11 Å². The molecule has 3 fully saturated rings. The average Bonchev–Trinajstić information content (AvgIpc) is 2.19. The van der Waals surface area contributed by atoms with Gasteiger partial charge in [0.05, 0.1) is 0 Å².